The second kappa shape index (κ2) is 6.09. The number of amidine groups is 1. The van der Waals surface area contributed by atoms with Crippen molar-refractivity contribution in [1.29, 1.82) is 0 Å². The molecule has 4 heterocycles. The first kappa shape index (κ1) is 16.0. The number of nitrogens with zero attached hydrogens (tertiary/aromatic N) is 5. The number of rotatable bonds is 1. The van der Waals surface area contributed by atoms with Crippen LogP contribution in [0.25, 0.3) is 0 Å². The molecule has 3 aliphatic heterocycles. The van der Waals surface area contributed by atoms with Gasteiger partial charge in [-0.15, -0.1) is 0 Å². The molecule has 3 aliphatic rings. The molecule has 0 spiro atoms. The Morgan fingerprint density at radius 3 is 2.84 bits per heavy atom. The predicted molar refractivity (Wildman–Crippen MR) is 88.5 cm³/mol. The van der Waals surface area contributed by atoms with Crippen LogP contribution in [0.5, 0.6) is 0 Å². The lowest BCUT2D eigenvalue weighted by Crippen LogP contribution is -2.51. The zero-order valence-corrected chi connectivity index (χ0v) is 13.5. The molecular formula is C17H18F3N5. The van der Waals surface area contributed by atoms with Gasteiger partial charge in [-0.3, -0.25) is 9.99 Å². The van der Waals surface area contributed by atoms with Crippen molar-refractivity contribution in [2.75, 3.05) is 18.1 Å². The Hall–Kier alpha value is -2.51. The molecule has 0 aromatic carbocycles. The van der Waals surface area contributed by atoms with Crippen LogP contribution in [-0.4, -0.2) is 46.0 Å². The van der Waals surface area contributed by atoms with E-state index in [0.717, 1.165) is 12.1 Å². The molecule has 0 saturated carbocycles. The highest BCUT2D eigenvalue weighted by Gasteiger charge is 2.45. The molecule has 0 N–H and O–H groups in total. The minimum atomic E-state index is -4.24. The molecule has 1 aromatic heterocycles. The van der Waals surface area contributed by atoms with Gasteiger partial charge >= 0.3 is 6.18 Å². The molecule has 1 aromatic rings. The lowest BCUT2D eigenvalue weighted by Gasteiger charge is -2.39. The second-order valence-corrected chi connectivity index (χ2v) is 6.23. The predicted octanol–water partition coefficient (Wildman–Crippen LogP) is 3.30. The van der Waals surface area contributed by atoms with Crippen LogP contribution in [0.3, 0.4) is 0 Å². The minimum absolute atomic E-state index is 0.126. The third-order valence-electron chi connectivity index (χ3n) is 4.65. The van der Waals surface area contributed by atoms with E-state index in [1.807, 2.05) is 28.2 Å². The number of fused-ring (bicyclic) bond motifs is 1. The van der Waals surface area contributed by atoms with Gasteiger partial charge in [-0.25, -0.2) is 10.0 Å². The highest BCUT2D eigenvalue weighted by atomic mass is 19.4. The van der Waals surface area contributed by atoms with Gasteiger partial charge in [0.1, 0.15) is 11.9 Å². The highest BCUT2D eigenvalue weighted by Crippen LogP contribution is 2.34. The Balaban J connectivity index is 1.56. The number of hydrogen-bond acceptors (Lipinski definition) is 5. The molecular weight excluding hydrogens is 331 g/mol. The molecule has 0 radical (unpaired) electrons. The number of hydrogen-bond donors (Lipinski definition) is 0. The summed E-state index contributed by atoms with van der Waals surface area (Å²) >= 11 is 0. The lowest BCUT2D eigenvalue weighted by molar-refractivity contribution is -0.179. The zero-order valence-electron chi connectivity index (χ0n) is 13.5. The van der Waals surface area contributed by atoms with Crippen LogP contribution in [0, 0.1) is 0 Å². The molecule has 4 rings (SSSR count). The number of hydrazine groups is 1. The van der Waals surface area contributed by atoms with Crippen LogP contribution in [0.2, 0.25) is 0 Å². The Bertz CT molecular complexity index is 726. The van der Waals surface area contributed by atoms with Crippen molar-refractivity contribution in [3.8, 4) is 0 Å². The summed E-state index contributed by atoms with van der Waals surface area (Å²) in [6.07, 6.45) is 6.03. The molecule has 25 heavy (non-hydrogen) atoms. The summed E-state index contributed by atoms with van der Waals surface area (Å²) in [6, 6.07) is 2.33. The summed E-state index contributed by atoms with van der Waals surface area (Å²) in [4.78, 5) is 9.99. The van der Waals surface area contributed by atoms with E-state index in [4.69, 9.17) is 0 Å². The molecule has 132 valence electrons. The van der Waals surface area contributed by atoms with E-state index in [0.29, 0.717) is 31.2 Å². The van der Waals surface area contributed by atoms with E-state index in [1.165, 1.54) is 4.90 Å². The fraction of sp³-hybridized carbons (Fsp3) is 0.412. The number of alkyl halides is 3. The Kier molecular flexibility index (Phi) is 3.89. The van der Waals surface area contributed by atoms with E-state index in [9.17, 15) is 13.2 Å². The fourth-order valence-corrected chi connectivity index (χ4v) is 3.46. The average Bonchev–Trinajstić information content (AvgIpc) is 3.05. The van der Waals surface area contributed by atoms with Gasteiger partial charge in [-0.05, 0) is 43.5 Å². The molecule has 0 amide bonds. The van der Waals surface area contributed by atoms with Crippen LogP contribution in [0.1, 0.15) is 19.3 Å². The van der Waals surface area contributed by atoms with E-state index in [2.05, 4.69) is 9.98 Å². The molecule has 1 saturated heterocycles. The number of aromatic nitrogens is 1. The normalized spacial score (nSPS) is 23.5. The lowest BCUT2D eigenvalue weighted by atomic mass is 10.0. The summed E-state index contributed by atoms with van der Waals surface area (Å²) in [5, 5.41) is 3.81. The molecule has 1 unspecified atom stereocenters. The van der Waals surface area contributed by atoms with Crippen LogP contribution in [0.15, 0.2) is 53.7 Å². The summed E-state index contributed by atoms with van der Waals surface area (Å²) in [5.41, 5.74) is 0.906. The molecule has 5 nitrogen and oxygen atoms in total. The maximum absolute atomic E-state index is 13.3. The molecule has 0 bridgehead atoms. The average molecular weight is 349 g/mol. The zero-order chi connectivity index (χ0) is 17.4. The van der Waals surface area contributed by atoms with Gasteiger partial charge < -0.3 is 4.90 Å². The summed E-state index contributed by atoms with van der Waals surface area (Å²) in [7, 11) is 0. The SMILES string of the molecule is FC(F)(F)C1CCCCN1C1=NC2=CCN(c3cccnc3)N2C=C1. The van der Waals surface area contributed by atoms with Crippen molar-refractivity contribution in [2.45, 2.75) is 31.5 Å². The summed E-state index contributed by atoms with van der Waals surface area (Å²) < 4.78 is 40.0. The first-order valence-electron chi connectivity index (χ1n) is 8.31. The van der Waals surface area contributed by atoms with Gasteiger partial charge in [-0.1, -0.05) is 0 Å². The Morgan fingerprint density at radius 1 is 1.20 bits per heavy atom. The number of aliphatic imine (C=N–C) groups is 1. The molecule has 1 fully saturated rings. The van der Waals surface area contributed by atoms with Crippen molar-refractivity contribution in [3.05, 3.63) is 48.7 Å². The summed E-state index contributed by atoms with van der Waals surface area (Å²) in [6.45, 7) is 0.984. The minimum Gasteiger partial charge on any atom is -0.344 e. The van der Waals surface area contributed by atoms with Gasteiger partial charge in [0.05, 0.1) is 18.4 Å². The van der Waals surface area contributed by atoms with E-state index < -0.39 is 12.2 Å². The third-order valence-corrected chi connectivity index (χ3v) is 4.65. The van der Waals surface area contributed by atoms with Gasteiger partial charge in [-0.2, -0.15) is 13.2 Å². The van der Waals surface area contributed by atoms with E-state index in [1.54, 1.807) is 24.7 Å². The van der Waals surface area contributed by atoms with Gasteiger partial charge in [0.25, 0.3) is 0 Å². The standard InChI is InChI=1S/C17H18F3N5/c18-17(19,20)14-5-1-2-9-23(14)15-6-11-25-16(22-15)7-10-24(25)13-4-3-8-21-12-13/h3-4,6-8,11-12,14H,1-2,5,9-10H2. The maximum atomic E-state index is 13.3. The van der Waals surface area contributed by atoms with Crippen LogP contribution in [-0.2, 0) is 0 Å². The van der Waals surface area contributed by atoms with Crippen molar-refractivity contribution in [2.24, 2.45) is 4.99 Å². The van der Waals surface area contributed by atoms with Gasteiger partial charge in [0, 0.05) is 18.9 Å². The Labute approximate surface area is 143 Å². The largest absolute Gasteiger partial charge is 0.408 e. The van der Waals surface area contributed by atoms with Crippen LogP contribution < -0.4 is 5.01 Å². The van der Waals surface area contributed by atoms with Crippen molar-refractivity contribution in [3.63, 3.8) is 0 Å². The van der Waals surface area contributed by atoms with Crippen LogP contribution >= 0.6 is 0 Å². The number of likely N-dealkylation sites (tertiary alicyclic amines) is 1. The van der Waals surface area contributed by atoms with Crippen molar-refractivity contribution < 1.29 is 13.2 Å². The van der Waals surface area contributed by atoms with Gasteiger partial charge in [0.2, 0.25) is 0 Å². The fourth-order valence-electron chi connectivity index (χ4n) is 3.46. The van der Waals surface area contributed by atoms with Gasteiger partial charge in [0.15, 0.2) is 5.82 Å². The van der Waals surface area contributed by atoms with E-state index in [-0.39, 0.29) is 6.42 Å². The number of pyridine rings is 1. The highest BCUT2D eigenvalue weighted by molar-refractivity contribution is 5.95. The quantitative estimate of drug-likeness (QED) is 0.779. The summed E-state index contributed by atoms with van der Waals surface area (Å²) in [5.74, 6) is 1.03. The monoisotopic (exact) mass is 349 g/mol. The van der Waals surface area contributed by atoms with Crippen molar-refractivity contribution >= 4 is 11.5 Å². The first-order valence-corrected chi connectivity index (χ1v) is 8.31. The molecule has 0 aliphatic carbocycles. The number of halogens is 3. The first-order chi connectivity index (χ1) is 12.0. The third kappa shape index (κ3) is 2.96. The second-order valence-electron chi connectivity index (χ2n) is 6.23. The number of anilines is 1. The molecule has 1 atom stereocenters. The van der Waals surface area contributed by atoms with Crippen molar-refractivity contribution in [1.82, 2.24) is 14.9 Å². The number of piperidine rings is 1. The topological polar surface area (TPSA) is 35.0 Å². The van der Waals surface area contributed by atoms with Crippen LogP contribution in [0.4, 0.5) is 18.9 Å². The van der Waals surface area contributed by atoms with E-state index >= 15 is 0 Å². The smallest absolute Gasteiger partial charge is 0.344 e. The molecule has 8 heteroatoms. The Morgan fingerprint density at radius 2 is 2.08 bits per heavy atom. The maximum Gasteiger partial charge on any atom is 0.408 e.